The Kier molecular flexibility index (Phi) is 12.5. The summed E-state index contributed by atoms with van der Waals surface area (Å²) in [6.45, 7) is 6.16. The monoisotopic (exact) mass is 496 g/mol. The molecule has 0 heterocycles. The van der Waals surface area contributed by atoms with Gasteiger partial charge in [-0.05, 0) is 24.5 Å². The van der Waals surface area contributed by atoms with Gasteiger partial charge in [-0.15, -0.1) is 24.0 Å². The van der Waals surface area contributed by atoms with E-state index in [9.17, 15) is 0 Å². The lowest BCUT2D eigenvalue weighted by molar-refractivity contribution is 0.179. The van der Waals surface area contributed by atoms with Gasteiger partial charge in [-0.1, -0.05) is 60.7 Å². The molecule has 2 aromatic rings. The standard InChI is InChI=1S/C22H32N4O.HI/c1-19(18-27-2)25-22(23)24-14-9-15-26(16-20-10-5-3-6-11-20)17-21-12-7-4-8-13-21;/h3-8,10-13,19H,9,14-18H2,1-2H3,(H3,23,24,25);1H. The Hall–Kier alpha value is -1.64. The van der Waals surface area contributed by atoms with Crippen molar-refractivity contribution in [2.45, 2.75) is 32.5 Å². The predicted octanol–water partition coefficient (Wildman–Crippen LogP) is 3.64. The molecule has 0 fully saturated rings. The highest BCUT2D eigenvalue weighted by Crippen LogP contribution is 2.10. The first-order valence-electron chi connectivity index (χ1n) is 9.53. The van der Waals surface area contributed by atoms with Gasteiger partial charge in [-0.25, -0.2) is 0 Å². The molecule has 0 spiro atoms. The van der Waals surface area contributed by atoms with Gasteiger partial charge >= 0.3 is 0 Å². The molecule has 2 aromatic carbocycles. The van der Waals surface area contributed by atoms with Crippen LogP contribution in [0.2, 0.25) is 0 Å². The smallest absolute Gasteiger partial charge is 0.188 e. The van der Waals surface area contributed by atoms with Crippen molar-refractivity contribution in [1.29, 1.82) is 0 Å². The maximum absolute atomic E-state index is 5.94. The first-order chi connectivity index (χ1) is 13.2. The second-order valence-electron chi connectivity index (χ2n) is 6.80. The third-order valence-electron chi connectivity index (χ3n) is 4.22. The molecule has 0 aliphatic rings. The second-order valence-corrected chi connectivity index (χ2v) is 6.80. The zero-order valence-corrected chi connectivity index (χ0v) is 19.2. The zero-order chi connectivity index (χ0) is 19.3. The number of methoxy groups -OCH3 is 1. The lowest BCUT2D eigenvalue weighted by Gasteiger charge is -2.22. The van der Waals surface area contributed by atoms with Crippen LogP contribution in [0, 0.1) is 0 Å². The lowest BCUT2D eigenvalue weighted by atomic mass is 10.1. The molecule has 28 heavy (non-hydrogen) atoms. The molecule has 0 radical (unpaired) electrons. The first-order valence-corrected chi connectivity index (χ1v) is 9.53. The zero-order valence-electron chi connectivity index (χ0n) is 16.9. The van der Waals surface area contributed by atoms with E-state index in [1.165, 1.54) is 11.1 Å². The van der Waals surface area contributed by atoms with Crippen LogP contribution in [0.4, 0.5) is 0 Å². The number of benzene rings is 2. The summed E-state index contributed by atoms with van der Waals surface area (Å²) < 4.78 is 5.10. The van der Waals surface area contributed by atoms with Gasteiger partial charge < -0.3 is 15.8 Å². The summed E-state index contributed by atoms with van der Waals surface area (Å²) in [6.07, 6.45) is 0.959. The summed E-state index contributed by atoms with van der Waals surface area (Å²) in [5.74, 6) is 0.484. The van der Waals surface area contributed by atoms with E-state index in [0.717, 1.165) is 26.1 Å². The van der Waals surface area contributed by atoms with E-state index < -0.39 is 0 Å². The van der Waals surface area contributed by atoms with Gasteiger partial charge in [-0.2, -0.15) is 0 Å². The fourth-order valence-electron chi connectivity index (χ4n) is 2.98. The maximum Gasteiger partial charge on any atom is 0.188 e. The number of nitrogens with zero attached hydrogens (tertiary/aromatic N) is 2. The fourth-order valence-corrected chi connectivity index (χ4v) is 2.98. The Morgan fingerprint density at radius 2 is 1.57 bits per heavy atom. The maximum atomic E-state index is 5.94. The van der Waals surface area contributed by atoms with Gasteiger partial charge in [0.05, 0.1) is 6.61 Å². The molecule has 5 nitrogen and oxygen atoms in total. The van der Waals surface area contributed by atoms with Gasteiger partial charge in [0.15, 0.2) is 5.96 Å². The first kappa shape index (κ1) is 24.4. The van der Waals surface area contributed by atoms with Crippen LogP contribution in [-0.4, -0.2) is 43.7 Å². The highest BCUT2D eigenvalue weighted by Gasteiger charge is 2.07. The Morgan fingerprint density at radius 3 is 2.07 bits per heavy atom. The van der Waals surface area contributed by atoms with E-state index in [2.05, 4.69) is 75.9 Å². The van der Waals surface area contributed by atoms with Crippen LogP contribution in [0.1, 0.15) is 24.5 Å². The number of ether oxygens (including phenoxy) is 1. The molecule has 1 atom stereocenters. The highest BCUT2D eigenvalue weighted by atomic mass is 127. The number of rotatable bonds is 11. The molecular weight excluding hydrogens is 463 g/mol. The third kappa shape index (κ3) is 10.1. The number of halogens is 1. The Balaban J connectivity index is 0.00000392. The number of hydrogen-bond acceptors (Lipinski definition) is 3. The minimum Gasteiger partial charge on any atom is -0.383 e. The van der Waals surface area contributed by atoms with Crippen LogP contribution in [0.5, 0.6) is 0 Å². The van der Waals surface area contributed by atoms with Crippen LogP contribution < -0.4 is 11.1 Å². The van der Waals surface area contributed by atoms with E-state index >= 15 is 0 Å². The summed E-state index contributed by atoms with van der Waals surface area (Å²) in [6, 6.07) is 21.3. The molecule has 154 valence electrons. The van der Waals surface area contributed by atoms with Crippen molar-refractivity contribution in [3.05, 3.63) is 71.8 Å². The molecule has 0 aliphatic carbocycles. The van der Waals surface area contributed by atoms with Crippen molar-refractivity contribution < 1.29 is 4.74 Å². The average Bonchev–Trinajstić information content (AvgIpc) is 2.67. The summed E-state index contributed by atoms with van der Waals surface area (Å²) in [7, 11) is 1.68. The number of guanidine groups is 1. The van der Waals surface area contributed by atoms with Crippen LogP contribution >= 0.6 is 24.0 Å². The summed E-state index contributed by atoms with van der Waals surface area (Å²) in [5.41, 5.74) is 8.59. The predicted molar refractivity (Wildman–Crippen MR) is 128 cm³/mol. The molecule has 1 unspecified atom stereocenters. The van der Waals surface area contributed by atoms with Crippen LogP contribution in [0.25, 0.3) is 0 Å². The Morgan fingerprint density at radius 1 is 1.04 bits per heavy atom. The van der Waals surface area contributed by atoms with Crippen molar-refractivity contribution >= 4 is 29.9 Å². The molecule has 0 saturated carbocycles. The van der Waals surface area contributed by atoms with E-state index in [-0.39, 0.29) is 30.0 Å². The molecule has 0 saturated heterocycles. The molecule has 0 amide bonds. The Labute approximate surface area is 186 Å². The van der Waals surface area contributed by atoms with Crippen LogP contribution in [-0.2, 0) is 17.8 Å². The summed E-state index contributed by atoms with van der Waals surface area (Å²) >= 11 is 0. The number of aliphatic imine (C=N–C) groups is 1. The molecule has 2 rings (SSSR count). The summed E-state index contributed by atoms with van der Waals surface area (Å²) in [5, 5.41) is 3.14. The fraction of sp³-hybridized carbons (Fsp3) is 0.409. The number of hydrogen-bond donors (Lipinski definition) is 2. The van der Waals surface area contributed by atoms with Crippen molar-refractivity contribution in [3.63, 3.8) is 0 Å². The van der Waals surface area contributed by atoms with Crippen molar-refractivity contribution in [2.24, 2.45) is 10.7 Å². The third-order valence-corrected chi connectivity index (χ3v) is 4.22. The van der Waals surface area contributed by atoms with E-state index in [1.807, 2.05) is 6.92 Å². The van der Waals surface area contributed by atoms with E-state index in [1.54, 1.807) is 7.11 Å². The van der Waals surface area contributed by atoms with Crippen LogP contribution in [0.3, 0.4) is 0 Å². The largest absolute Gasteiger partial charge is 0.383 e. The lowest BCUT2D eigenvalue weighted by Crippen LogP contribution is -2.40. The molecule has 0 aromatic heterocycles. The van der Waals surface area contributed by atoms with Gasteiger partial charge in [0.2, 0.25) is 0 Å². The van der Waals surface area contributed by atoms with Crippen molar-refractivity contribution in [2.75, 3.05) is 26.8 Å². The number of nitrogens with two attached hydrogens (primary N) is 1. The highest BCUT2D eigenvalue weighted by molar-refractivity contribution is 14.0. The van der Waals surface area contributed by atoms with E-state index in [4.69, 9.17) is 10.5 Å². The Bertz CT molecular complexity index is 625. The van der Waals surface area contributed by atoms with Crippen LogP contribution in [0.15, 0.2) is 65.7 Å². The minimum absolute atomic E-state index is 0. The SMILES string of the molecule is COCC(C)NC(N)=NCCCN(Cc1ccccc1)Cc1ccccc1.I. The molecule has 6 heteroatoms. The van der Waals surface area contributed by atoms with Gasteiger partial charge in [-0.3, -0.25) is 9.89 Å². The normalized spacial score (nSPS) is 12.5. The van der Waals surface area contributed by atoms with Crippen molar-refractivity contribution in [3.8, 4) is 0 Å². The average molecular weight is 496 g/mol. The van der Waals surface area contributed by atoms with Crippen molar-refractivity contribution in [1.82, 2.24) is 10.2 Å². The molecule has 0 bridgehead atoms. The molecule has 3 N–H and O–H groups in total. The topological polar surface area (TPSA) is 62.9 Å². The quantitative estimate of drug-likeness (QED) is 0.216. The molecule has 0 aliphatic heterocycles. The van der Waals surface area contributed by atoms with Gasteiger partial charge in [0.25, 0.3) is 0 Å². The minimum atomic E-state index is 0. The summed E-state index contributed by atoms with van der Waals surface area (Å²) in [4.78, 5) is 6.89. The molecular formula is C22H33IN4O. The van der Waals surface area contributed by atoms with Gasteiger partial charge in [0.1, 0.15) is 0 Å². The second kappa shape index (κ2) is 14.4. The van der Waals surface area contributed by atoms with Gasteiger partial charge in [0, 0.05) is 39.3 Å². The van der Waals surface area contributed by atoms with E-state index in [0.29, 0.717) is 19.1 Å². The number of nitrogens with one attached hydrogen (secondary N) is 1.